The Bertz CT molecular complexity index is 1270. The highest BCUT2D eigenvalue weighted by Gasteiger charge is 2.14. The van der Waals surface area contributed by atoms with Crippen molar-refractivity contribution in [2.24, 2.45) is 5.84 Å². The zero-order chi connectivity index (χ0) is 23.9. The van der Waals surface area contributed by atoms with E-state index >= 15 is 0 Å². The van der Waals surface area contributed by atoms with Crippen LogP contribution < -0.4 is 22.3 Å². The Hall–Kier alpha value is -4.20. The summed E-state index contributed by atoms with van der Waals surface area (Å²) in [4.78, 5) is 17.5. The summed E-state index contributed by atoms with van der Waals surface area (Å²) in [6, 6.07) is 26.8. The van der Waals surface area contributed by atoms with Crippen molar-refractivity contribution in [3.8, 4) is 11.3 Å². The Morgan fingerprint density at radius 1 is 0.882 bits per heavy atom. The topological polar surface area (TPSA) is 115 Å². The summed E-state index contributed by atoms with van der Waals surface area (Å²) in [5, 5.41) is 2.97. The van der Waals surface area contributed by atoms with Gasteiger partial charge < -0.3 is 21.2 Å². The number of amides is 1. The molecule has 1 heterocycles. The fourth-order valence-electron chi connectivity index (χ4n) is 3.64. The number of nitrogens with two attached hydrogens (primary N) is 2. The van der Waals surface area contributed by atoms with Crippen LogP contribution in [-0.4, -0.2) is 10.9 Å². The molecule has 0 saturated carbocycles. The van der Waals surface area contributed by atoms with E-state index in [1.165, 1.54) is 0 Å². The van der Waals surface area contributed by atoms with Gasteiger partial charge in [-0.25, -0.2) is 10.8 Å². The largest absolute Gasteiger partial charge is 0.396 e. The highest BCUT2D eigenvalue weighted by atomic mass is 16.5. The number of carbonyl (C=O) groups excluding carboxylic acids is 1. The van der Waals surface area contributed by atoms with Gasteiger partial charge in [-0.3, -0.25) is 4.79 Å². The number of carbonyl (C=O) groups is 1. The lowest BCUT2D eigenvalue weighted by Crippen LogP contribution is -2.14. The van der Waals surface area contributed by atoms with Crippen LogP contribution in [0.15, 0.2) is 84.9 Å². The van der Waals surface area contributed by atoms with Gasteiger partial charge in [0.05, 0.1) is 24.6 Å². The van der Waals surface area contributed by atoms with Crippen molar-refractivity contribution in [2.45, 2.75) is 20.1 Å². The zero-order valence-corrected chi connectivity index (χ0v) is 18.9. The number of pyridine rings is 1. The average Bonchev–Trinajstić information content (AvgIpc) is 2.86. The number of hydrogen-bond donors (Lipinski definition) is 4. The van der Waals surface area contributed by atoms with Crippen LogP contribution in [0.5, 0.6) is 0 Å². The molecule has 7 heteroatoms. The predicted octanol–water partition coefficient (Wildman–Crippen LogP) is 4.89. The highest BCUT2D eigenvalue weighted by Crippen LogP contribution is 2.28. The Kier molecular flexibility index (Phi) is 7.17. The fourth-order valence-corrected chi connectivity index (χ4v) is 3.64. The third-order valence-electron chi connectivity index (χ3n) is 5.51. The molecule has 0 fully saturated rings. The summed E-state index contributed by atoms with van der Waals surface area (Å²) < 4.78 is 5.78. The van der Waals surface area contributed by atoms with Crippen molar-refractivity contribution in [3.05, 3.63) is 107 Å². The number of anilines is 3. The summed E-state index contributed by atoms with van der Waals surface area (Å²) in [6.07, 6.45) is 0. The number of benzene rings is 3. The van der Waals surface area contributed by atoms with E-state index in [9.17, 15) is 4.79 Å². The number of nitrogens with one attached hydrogen (secondary N) is 2. The van der Waals surface area contributed by atoms with Gasteiger partial charge in [-0.15, -0.1) is 0 Å². The molecule has 3 aromatic carbocycles. The first kappa shape index (κ1) is 23.0. The molecule has 0 unspecified atom stereocenters. The molecule has 1 amide bonds. The second kappa shape index (κ2) is 10.6. The molecule has 0 aliphatic heterocycles. The SMILES string of the molecule is Cc1c(C(=O)Nc2ccc(COCc3ccccc3)cc2)cccc1-c1ccc(N)c(NN)n1. The van der Waals surface area contributed by atoms with Crippen molar-refractivity contribution in [1.29, 1.82) is 0 Å². The van der Waals surface area contributed by atoms with E-state index in [-0.39, 0.29) is 5.91 Å². The van der Waals surface area contributed by atoms with Crippen molar-refractivity contribution >= 4 is 23.1 Å². The zero-order valence-electron chi connectivity index (χ0n) is 18.9. The Morgan fingerprint density at radius 3 is 2.29 bits per heavy atom. The molecule has 0 bridgehead atoms. The van der Waals surface area contributed by atoms with Crippen LogP contribution >= 0.6 is 0 Å². The first-order valence-electron chi connectivity index (χ1n) is 10.9. The third-order valence-corrected chi connectivity index (χ3v) is 5.51. The number of nitrogens with zero attached hydrogens (tertiary/aromatic N) is 1. The number of hydrogen-bond acceptors (Lipinski definition) is 6. The molecule has 0 saturated heterocycles. The minimum Gasteiger partial charge on any atom is -0.396 e. The number of nitrogen functional groups attached to an aromatic ring is 2. The van der Waals surface area contributed by atoms with E-state index in [4.69, 9.17) is 16.3 Å². The van der Waals surface area contributed by atoms with E-state index < -0.39 is 0 Å². The van der Waals surface area contributed by atoms with Gasteiger partial charge in [0.15, 0.2) is 5.82 Å². The molecule has 7 nitrogen and oxygen atoms in total. The summed E-state index contributed by atoms with van der Waals surface area (Å²) in [5.41, 5.74) is 14.6. The first-order chi connectivity index (χ1) is 16.5. The van der Waals surface area contributed by atoms with Crippen LogP contribution in [0.4, 0.5) is 17.2 Å². The molecule has 4 rings (SSSR count). The molecule has 0 spiro atoms. The van der Waals surface area contributed by atoms with Crippen LogP contribution in [0.2, 0.25) is 0 Å². The Morgan fingerprint density at radius 2 is 1.59 bits per heavy atom. The number of rotatable bonds is 8. The third kappa shape index (κ3) is 5.40. The van der Waals surface area contributed by atoms with E-state index in [0.29, 0.717) is 41.7 Å². The van der Waals surface area contributed by atoms with Gasteiger partial charge in [-0.1, -0.05) is 54.6 Å². The van der Waals surface area contributed by atoms with Crippen LogP contribution in [0, 0.1) is 6.92 Å². The van der Waals surface area contributed by atoms with Crippen molar-refractivity contribution in [3.63, 3.8) is 0 Å². The lowest BCUT2D eigenvalue weighted by atomic mass is 9.99. The second-order valence-corrected chi connectivity index (χ2v) is 7.89. The predicted molar refractivity (Wildman–Crippen MR) is 136 cm³/mol. The molecule has 6 N–H and O–H groups in total. The van der Waals surface area contributed by atoms with Crippen LogP contribution in [-0.2, 0) is 18.0 Å². The summed E-state index contributed by atoms with van der Waals surface area (Å²) in [7, 11) is 0. The molecular formula is C27H27N5O2. The summed E-state index contributed by atoms with van der Waals surface area (Å²) >= 11 is 0. The van der Waals surface area contributed by atoms with Gasteiger partial charge in [-0.05, 0) is 53.9 Å². The quantitative estimate of drug-likeness (QED) is 0.223. The number of hydrazine groups is 1. The van der Waals surface area contributed by atoms with E-state index in [2.05, 4.69) is 15.7 Å². The maximum absolute atomic E-state index is 13.0. The molecule has 0 atom stereocenters. The van der Waals surface area contributed by atoms with Gasteiger partial charge in [0, 0.05) is 16.8 Å². The molecule has 1 aromatic heterocycles. The molecule has 4 aromatic rings. The van der Waals surface area contributed by atoms with E-state index in [1.807, 2.05) is 73.7 Å². The maximum Gasteiger partial charge on any atom is 0.255 e. The maximum atomic E-state index is 13.0. The van der Waals surface area contributed by atoms with Gasteiger partial charge >= 0.3 is 0 Å². The summed E-state index contributed by atoms with van der Waals surface area (Å²) in [6.45, 7) is 2.95. The van der Waals surface area contributed by atoms with Gasteiger partial charge in [0.25, 0.3) is 5.91 Å². The number of aromatic nitrogens is 1. The molecule has 0 radical (unpaired) electrons. The van der Waals surface area contributed by atoms with Crippen molar-refractivity contribution in [2.75, 3.05) is 16.5 Å². The van der Waals surface area contributed by atoms with E-state index in [1.54, 1.807) is 18.2 Å². The minimum atomic E-state index is -0.194. The minimum absolute atomic E-state index is 0.194. The lowest BCUT2D eigenvalue weighted by Gasteiger charge is -2.13. The van der Waals surface area contributed by atoms with Crippen LogP contribution in [0.3, 0.4) is 0 Å². The second-order valence-electron chi connectivity index (χ2n) is 7.89. The lowest BCUT2D eigenvalue weighted by molar-refractivity contribution is 0.102. The molecule has 0 aliphatic rings. The summed E-state index contributed by atoms with van der Waals surface area (Å²) in [5.74, 6) is 5.69. The normalized spacial score (nSPS) is 10.6. The monoisotopic (exact) mass is 453 g/mol. The van der Waals surface area contributed by atoms with E-state index in [0.717, 1.165) is 22.3 Å². The molecule has 172 valence electrons. The average molecular weight is 454 g/mol. The molecular weight excluding hydrogens is 426 g/mol. The fraction of sp³-hybridized carbons (Fsp3) is 0.111. The van der Waals surface area contributed by atoms with Gasteiger partial charge in [0.2, 0.25) is 0 Å². The smallest absolute Gasteiger partial charge is 0.255 e. The van der Waals surface area contributed by atoms with Crippen LogP contribution in [0.1, 0.15) is 27.0 Å². The number of ether oxygens (including phenoxy) is 1. The Balaban J connectivity index is 1.42. The Labute approximate surface area is 198 Å². The standard InChI is InChI=1S/C27H27N5O2/c1-18-22(25-15-14-24(28)26(31-25)32-29)8-5-9-23(18)27(33)30-21-12-10-20(11-13-21)17-34-16-19-6-3-2-4-7-19/h2-15H,16-17,28-29H2,1H3,(H,30,33)(H,31,32). The molecule has 34 heavy (non-hydrogen) atoms. The van der Waals surface area contributed by atoms with Crippen molar-refractivity contribution in [1.82, 2.24) is 4.98 Å². The van der Waals surface area contributed by atoms with Crippen molar-refractivity contribution < 1.29 is 9.53 Å². The van der Waals surface area contributed by atoms with Gasteiger partial charge in [0.1, 0.15) is 0 Å². The highest BCUT2D eigenvalue weighted by molar-refractivity contribution is 6.06. The van der Waals surface area contributed by atoms with Gasteiger partial charge in [-0.2, -0.15) is 0 Å². The first-order valence-corrected chi connectivity index (χ1v) is 10.9. The van der Waals surface area contributed by atoms with Crippen LogP contribution in [0.25, 0.3) is 11.3 Å². The molecule has 0 aliphatic carbocycles.